The van der Waals surface area contributed by atoms with E-state index in [-0.39, 0.29) is 0 Å². The number of aryl methyl sites for hydroxylation is 2. The molecule has 0 radical (unpaired) electrons. The molecular weight excluding hydrogens is 204 g/mol. The van der Waals surface area contributed by atoms with Crippen molar-refractivity contribution in [3.63, 3.8) is 0 Å². The van der Waals surface area contributed by atoms with Crippen LogP contribution in [-0.2, 0) is 13.0 Å². The number of aromatic amines is 1. The summed E-state index contributed by atoms with van der Waals surface area (Å²) in [4.78, 5) is 1.34. The largest absolute Gasteiger partial charge is 0.242 e. The molecule has 0 saturated heterocycles. The second-order valence-electron chi connectivity index (χ2n) is 2.56. The zero-order chi connectivity index (χ0) is 9.10. The van der Waals surface area contributed by atoms with Gasteiger partial charge in [0.25, 0.3) is 0 Å². The van der Waals surface area contributed by atoms with Gasteiger partial charge in [-0.05, 0) is 23.7 Å². The molecule has 0 aliphatic carbocycles. The third kappa shape index (κ3) is 2.02. The number of rotatable bonds is 3. The van der Waals surface area contributed by atoms with Crippen LogP contribution in [0, 0.1) is 4.77 Å². The Kier molecular flexibility index (Phi) is 2.51. The van der Waals surface area contributed by atoms with Crippen molar-refractivity contribution in [3.8, 4) is 0 Å². The molecule has 0 atom stereocenters. The van der Waals surface area contributed by atoms with E-state index in [1.54, 1.807) is 16.0 Å². The quantitative estimate of drug-likeness (QED) is 0.787. The lowest BCUT2D eigenvalue weighted by molar-refractivity contribution is 0.586. The van der Waals surface area contributed by atoms with Crippen LogP contribution in [0.2, 0.25) is 0 Å². The molecule has 0 aliphatic rings. The predicted molar refractivity (Wildman–Crippen MR) is 53.2 cm³/mol. The third-order valence-corrected chi connectivity index (χ3v) is 2.93. The van der Waals surface area contributed by atoms with E-state index < -0.39 is 0 Å². The minimum Gasteiger partial charge on any atom is -0.242 e. The summed E-state index contributed by atoms with van der Waals surface area (Å²) in [6, 6.07) is 4.16. The van der Waals surface area contributed by atoms with E-state index in [9.17, 15) is 0 Å². The lowest BCUT2D eigenvalue weighted by Crippen LogP contribution is -2.02. The van der Waals surface area contributed by atoms with E-state index in [2.05, 4.69) is 27.0 Å². The Morgan fingerprint density at radius 1 is 1.62 bits per heavy atom. The molecule has 0 saturated carbocycles. The molecule has 0 aliphatic heterocycles. The summed E-state index contributed by atoms with van der Waals surface area (Å²) in [6.45, 7) is 0.812. The van der Waals surface area contributed by atoms with E-state index in [4.69, 9.17) is 12.2 Å². The van der Waals surface area contributed by atoms with Crippen molar-refractivity contribution in [2.45, 2.75) is 13.0 Å². The van der Waals surface area contributed by atoms with Crippen LogP contribution in [0.1, 0.15) is 4.88 Å². The van der Waals surface area contributed by atoms with E-state index in [0.29, 0.717) is 4.77 Å². The molecule has 0 spiro atoms. The minimum absolute atomic E-state index is 0.511. The van der Waals surface area contributed by atoms with E-state index >= 15 is 0 Å². The fourth-order valence-electron chi connectivity index (χ4n) is 1.04. The van der Waals surface area contributed by atoms with Crippen LogP contribution in [0.5, 0.6) is 0 Å². The van der Waals surface area contributed by atoms with Crippen molar-refractivity contribution < 1.29 is 0 Å². The van der Waals surface area contributed by atoms with Gasteiger partial charge < -0.3 is 0 Å². The molecule has 0 amide bonds. The normalized spacial score (nSPS) is 10.5. The molecule has 13 heavy (non-hydrogen) atoms. The minimum atomic E-state index is 0.511. The van der Waals surface area contributed by atoms with Crippen LogP contribution in [0.25, 0.3) is 0 Å². The zero-order valence-electron chi connectivity index (χ0n) is 6.80. The Bertz CT molecular complexity index is 414. The summed E-state index contributed by atoms with van der Waals surface area (Å²) in [5.74, 6) is 0. The Morgan fingerprint density at radius 2 is 2.54 bits per heavy atom. The van der Waals surface area contributed by atoms with Gasteiger partial charge in [-0.2, -0.15) is 5.21 Å². The molecule has 2 aromatic heterocycles. The second kappa shape index (κ2) is 3.80. The highest BCUT2D eigenvalue weighted by molar-refractivity contribution is 7.71. The van der Waals surface area contributed by atoms with Crippen molar-refractivity contribution in [3.05, 3.63) is 27.2 Å². The van der Waals surface area contributed by atoms with Crippen molar-refractivity contribution in [1.82, 2.24) is 20.2 Å². The topological polar surface area (TPSA) is 46.5 Å². The van der Waals surface area contributed by atoms with Crippen LogP contribution in [0.3, 0.4) is 0 Å². The molecule has 4 nitrogen and oxygen atoms in total. The number of thiophene rings is 1. The number of aromatic nitrogens is 4. The first-order valence-electron chi connectivity index (χ1n) is 3.86. The van der Waals surface area contributed by atoms with Gasteiger partial charge in [-0.1, -0.05) is 16.4 Å². The lowest BCUT2D eigenvalue weighted by Gasteiger charge is -1.97. The maximum absolute atomic E-state index is 4.94. The van der Waals surface area contributed by atoms with Crippen molar-refractivity contribution in [2.75, 3.05) is 0 Å². The number of H-pyrrole nitrogens is 1. The van der Waals surface area contributed by atoms with Crippen molar-refractivity contribution in [1.29, 1.82) is 0 Å². The number of tetrazole rings is 1. The van der Waals surface area contributed by atoms with Crippen LogP contribution < -0.4 is 0 Å². The fraction of sp³-hybridized carbons (Fsp3) is 0.286. The molecule has 2 heterocycles. The molecule has 68 valence electrons. The average Bonchev–Trinajstić information content (AvgIpc) is 2.72. The average molecular weight is 212 g/mol. The lowest BCUT2D eigenvalue weighted by atomic mass is 10.3. The molecule has 0 unspecified atom stereocenters. The summed E-state index contributed by atoms with van der Waals surface area (Å²) in [5.41, 5.74) is 0. The first kappa shape index (κ1) is 8.58. The summed E-state index contributed by atoms with van der Waals surface area (Å²) >= 11 is 6.69. The van der Waals surface area contributed by atoms with Crippen LogP contribution in [0.15, 0.2) is 17.5 Å². The van der Waals surface area contributed by atoms with Crippen LogP contribution >= 0.6 is 23.6 Å². The van der Waals surface area contributed by atoms with Gasteiger partial charge in [0.1, 0.15) is 0 Å². The zero-order valence-corrected chi connectivity index (χ0v) is 8.44. The van der Waals surface area contributed by atoms with Gasteiger partial charge in [0.15, 0.2) is 0 Å². The van der Waals surface area contributed by atoms with E-state index in [1.807, 2.05) is 6.07 Å². The summed E-state index contributed by atoms with van der Waals surface area (Å²) in [5, 5.41) is 12.1. The number of nitrogens with one attached hydrogen (secondary N) is 1. The third-order valence-electron chi connectivity index (χ3n) is 1.69. The Morgan fingerprint density at radius 3 is 3.15 bits per heavy atom. The first-order valence-corrected chi connectivity index (χ1v) is 5.15. The van der Waals surface area contributed by atoms with Crippen LogP contribution in [0.4, 0.5) is 0 Å². The van der Waals surface area contributed by atoms with Gasteiger partial charge >= 0.3 is 0 Å². The van der Waals surface area contributed by atoms with Crippen molar-refractivity contribution >= 4 is 23.6 Å². The molecule has 2 aromatic rings. The van der Waals surface area contributed by atoms with Crippen LogP contribution in [-0.4, -0.2) is 20.2 Å². The van der Waals surface area contributed by atoms with Gasteiger partial charge in [-0.15, -0.1) is 11.3 Å². The molecule has 0 bridgehead atoms. The standard InChI is InChI=1S/C7H8N4S2/c12-7-8-9-10-11(7)4-3-6-2-1-5-13-6/h1-2,5H,3-4H2,(H,8,10,12). The maximum Gasteiger partial charge on any atom is 0.238 e. The van der Waals surface area contributed by atoms with Gasteiger partial charge in [0.05, 0.1) is 0 Å². The summed E-state index contributed by atoms with van der Waals surface area (Å²) in [7, 11) is 0. The highest BCUT2D eigenvalue weighted by atomic mass is 32.1. The Labute approximate surface area is 84.2 Å². The molecule has 6 heteroatoms. The van der Waals surface area contributed by atoms with Gasteiger partial charge in [0, 0.05) is 17.8 Å². The Balaban J connectivity index is 2.01. The summed E-state index contributed by atoms with van der Waals surface area (Å²) in [6.07, 6.45) is 0.968. The molecule has 0 fully saturated rings. The maximum atomic E-state index is 4.94. The predicted octanol–water partition coefficient (Wildman–Crippen LogP) is 1.64. The molecular formula is C7H8N4S2. The van der Waals surface area contributed by atoms with E-state index in [1.165, 1.54) is 4.88 Å². The second-order valence-corrected chi connectivity index (χ2v) is 3.96. The molecule has 0 aromatic carbocycles. The van der Waals surface area contributed by atoms with Gasteiger partial charge in [0.2, 0.25) is 4.77 Å². The highest BCUT2D eigenvalue weighted by Gasteiger charge is 1.97. The fourth-order valence-corrected chi connectivity index (χ4v) is 1.91. The number of hydrogen-bond acceptors (Lipinski definition) is 4. The first-order chi connectivity index (χ1) is 6.36. The van der Waals surface area contributed by atoms with Gasteiger partial charge in [-0.25, -0.2) is 4.68 Å². The Hall–Kier alpha value is -1.01. The number of nitrogens with zero attached hydrogens (tertiary/aromatic N) is 3. The summed E-state index contributed by atoms with van der Waals surface area (Å²) < 4.78 is 2.27. The SMILES string of the molecule is S=c1nn[nH]n1CCc1cccs1. The molecule has 2 rings (SSSR count). The monoisotopic (exact) mass is 212 g/mol. The highest BCUT2D eigenvalue weighted by Crippen LogP contribution is 2.09. The van der Waals surface area contributed by atoms with Gasteiger partial charge in [-0.3, -0.25) is 0 Å². The molecule has 1 N–H and O–H groups in total. The van der Waals surface area contributed by atoms with E-state index in [0.717, 1.165) is 13.0 Å². The smallest absolute Gasteiger partial charge is 0.238 e. The van der Waals surface area contributed by atoms with Crippen molar-refractivity contribution in [2.24, 2.45) is 0 Å². The number of hydrogen-bond donors (Lipinski definition) is 1.